The monoisotopic (exact) mass is 296 g/mol. The zero-order chi connectivity index (χ0) is 14.4. The van der Waals surface area contributed by atoms with Crippen LogP contribution in [0.3, 0.4) is 0 Å². The quantitative estimate of drug-likeness (QED) is 0.543. The van der Waals surface area contributed by atoms with Gasteiger partial charge < -0.3 is 0 Å². The summed E-state index contributed by atoms with van der Waals surface area (Å²) >= 11 is 1.73. The minimum atomic E-state index is -1.31. The fraction of sp³-hybridized carbons (Fsp3) is 0.222. The van der Waals surface area contributed by atoms with Crippen molar-refractivity contribution in [1.29, 1.82) is 0 Å². The summed E-state index contributed by atoms with van der Waals surface area (Å²) in [7, 11) is -1.31. The first-order valence-electron chi connectivity index (χ1n) is 6.84. The highest BCUT2D eigenvalue weighted by Gasteiger charge is 2.14. The van der Waals surface area contributed by atoms with Crippen LogP contribution in [0.15, 0.2) is 60.7 Å². The standard InChI is InChI=1S/C18H20SSi/c1-20(2,3)15-14-19-18(16-10-6-4-7-11-16)17-12-8-5-9-13-17/h4-13,18H,1-3H3. The first-order valence-corrected chi connectivity index (χ1v) is 11.2. The highest BCUT2D eigenvalue weighted by molar-refractivity contribution is 8.04. The van der Waals surface area contributed by atoms with Crippen LogP contribution in [-0.4, -0.2) is 8.07 Å². The fourth-order valence-corrected chi connectivity index (χ4v) is 3.99. The van der Waals surface area contributed by atoms with Crippen molar-refractivity contribution in [2.75, 3.05) is 0 Å². The van der Waals surface area contributed by atoms with E-state index in [0.29, 0.717) is 5.25 Å². The van der Waals surface area contributed by atoms with Gasteiger partial charge in [0.25, 0.3) is 0 Å². The predicted octanol–water partition coefficient (Wildman–Crippen LogP) is 5.35. The summed E-state index contributed by atoms with van der Waals surface area (Å²) in [6.45, 7) is 6.84. The molecule has 0 unspecified atom stereocenters. The van der Waals surface area contributed by atoms with Crippen LogP contribution in [0.25, 0.3) is 0 Å². The average Bonchev–Trinajstić information content (AvgIpc) is 2.44. The molecule has 2 aromatic carbocycles. The normalized spacial score (nSPS) is 11.0. The van der Waals surface area contributed by atoms with E-state index in [-0.39, 0.29) is 0 Å². The van der Waals surface area contributed by atoms with Gasteiger partial charge in [-0.25, -0.2) is 0 Å². The van der Waals surface area contributed by atoms with Crippen molar-refractivity contribution in [3.8, 4) is 10.8 Å². The molecule has 0 aliphatic rings. The molecule has 20 heavy (non-hydrogen) atoms. The van der Waals surface area contributed by atoms with Gasteiger partial charge in [-0.3, -0.25) is 0 Å². The summed E-state index contributed by atoms with van der Waals surface area (Å²) in [5, 5.41) is 3.64. The van der Waals surface area contributed by atoms with E-state index in [9.17, 15) is 0 Å². The van der Waals surface area contributed by atoms with E-state index in [0.717, 1.165) is 0 Å². The molecule has 0 radical (unpaired) electrons. The summed E-state index contributed by atoms with van der Waals surface area (Å²) in [6, 6.07) is 21.2. The third kappa shape index (κ3) is 4.59. The average molecular weight is 297 g/mol. The molecule has 0 saturated heterocycles. The maximum absolute atomic E-state index is 3.44. The molecule has 0 aliphatic carbocycles. The van der Waals surface area contributed by atoms with Gasteiger partial charge in [0, 0.05) is 0 Å². The van der Waals surface area contributed by atoms with Crippen LogP contribution in [0.1, 0.15) is 16.4 Å². The Hall–Kier alpha value is -1.43. The molecule has 0 saturated carbocycles. The largest absolute Gasteiger partial charge is 0.130 e. The van der Waals surface area contributed by atoms with Crippen LogP contribution in [-0.2, 0) is 0 Å². The molecule has 2 heteroatoms. The lowest BCUT2D eigenvalue weighted by Crippen LogP contribution is -2.16. The van der Waals surface area contributed by atoms with Crippen molar-refractivity contribution < 1.29 is 0 Å². The van der Waals surface area contributed by atoms with E-state index in [1.54, 1.807) is 11.8 Å². The van der Waals surface area contributed by atoms with Crippen LogP contribution >= 0.6 is 11.8 Å². The molecule has 2 aromatic rings. The number of hydrogen-bond donors (Lipinski definition) is 0. The van der Waals surface area contributed by atoms with Gasteiger partial charge in [0.2, 0.25) is 0 Å². The van der Waals surface area contributed by atoms with Crippen molar-refractivity contribution in [2.24, 2.45) is 0 Å². The Kier molecular flexibility index (Phi) is 5.11. The first-order chi connectivity index (χ1) is 9.56. The molecular weight excluding hydrogens is 276 g/mol. The number of rotatable bonds is 3. The van der Waals surface area contributed by atoms with Gasteiger partial charge >= 0.3 is 0 Å². The van der Waals surface area contributed by atoms with Crippen LogP contribution in [0.4, 0.5) is 0 Å². The lowest BCUT2D eigenvalue weighted by atomic mass is 10.0. The minimum absolute atomic E-state index is 0.293. The molecule has 0 fully saturated rings. The summed E-state index contributed by atoms with van der Waals surface area (Å²) in [6.07, 6.45) is 0. The van der Waals surface area contributed by atoms with Crippen molar-refractivity contribution >= 4 is 19.8 Å². The van der Waals surface area contributed by atoms with Gasteiger partial charge in [-0.15, -0.1) is 5.54 Å². The lowest BCUT2D eigenvalue weighted by Gasteiger charge is -2.14. The second-order valence-corrected chi connectivity index (χ2v) is 11.5. The molecule has 0 aromatic heterocycles. The van der Waals surface area contributed by atoms with Crippen molar-refractivity contribution in [3.05, 3.63) is 71.8 Å². The maximum Gasteiger partial charge on any atom is 0.130 e. The lowest BCUT2D eigenvalue weighted by molar-refractivity contribution is 1.16. The summed E-state index contributed by atoms with van der Waals surface area (Å²) in [5.41, 5.74) is 6.07. The van der Waals surface area contributed by atoms with E-state index in [1.807, 2.05) is 0 Å². The van der Waals surface area contributed by atoms with Gasteiger partial charge in [0.05, 0.1) is 5.25 Å². The van der Waals surface area contributed by atoms with Gasteiger partial charge in [-0.2, -0.15) is 0 Å². The molecule has 0 amide bonds. The third-order valence-electron chi connectivity index (χ3n) is 2.81. The minimum Gasteiger partial charge on any atom is -0.120 e. The first kappa shape index (κ1) is 15.0. The van der Waals surface area contributed by atoms with Gasteiger partial charge in [-0.05, 0) is 16.4 Å². The molecule has 0 bridgehead atoms. The van der Waals surface area contributed by atoms with Crippen LogP contribution in [0, 0.1) is 10.8 Å². The van der Waals surface area contributed by atoms with E-state index in [1.165, 1.54) is 11.1 Å². The predicted molar refractivity (Wildman–Crippen MR) is 93.4 cm³/mol. The molecule has 0 atom stereocenters. The van der Waals surface area contributed by atoms with Crippen LogP contribution in [0.2, 0.25) is 19.6 Å². The SMILES string of the molecule is C[Si](C)(C)C#CSC(c1ccccc1)c1ccccc1. The second kappa shape index (κ2) is 6.83. The van der Waals surface area contributed by atoms with Crippen LogP contribution in [0.5, 0.6) is 0 Å². The van der Waals surface area contributed by atoms with Gasteiger partial charge in [0.15, 0.2) is 0 Å². The Morgan fingerprint density at radius 3 is 1.65 bits per heavy atom. The van der Waals surface area contributed by atoms with E-state index < -0.39 is 8.07 Å². The van der Waals surface area contributed by atoms with Gasteiger partial charge in [0.1, 0.15) is 8.07 Å². The fourth-order valence-electron chi connectivity index (χ4n) is 1.83. The number of hydrogen-bond acceptors (Lipinski definition) is 1. The molecule has 102 valence electrons. The molecule has 2 rings (SSSR count). The summed E-state index contributed by atoms with van der Waals surface area (Å²) in [4.78, 5) is 0. The van der Waals surface area contributed by atoms with Crippen molar-refractivity contribution in [1.82, 2.24) is 0 Å². The van der Waals surface area contributed by atoms with Crippen molar-refractivity contribution in [3.63, 3.8) is 0 Å². The van der Waals surface area contributed by atoms with E-state index in [2.05, 4.69) is 91.1 Å². The third-order valence-corrected chi connectivity index (χ3v) is 4.86. The Balaban J connectivity index is 2.28. The highest BCUT2D eigenvalue weighted by Crippen LogP contribution is 2.34. The molecular formula is C18H20SSi. The molecule has 0 nitrogen and oxygen atoms in total. The topological polar surface area (TPSA) is 0 Å². The molecule has 0 spiro atoms. The summed E-state index contributed by atoms with van der Waals surface area (Å²) in [5.74, 6) is 0. The molecule has 0 N–H and O–H groups in total. The Bertz CT molecular complexity index is 549. The van der Waals surface area contributed by atoms with E-state index in [4.69, 9.17) is 0 Å². The number of benzene rings is 2. The Labute approximate surface area is 127 Å². The molecule has 0 heterocycles. The second-order valence-electron chi connectivity index (χ2n) is 5.80. The maximum atomic E-state index is 3.44. The zero-order valence-electron chi connectivity index (χ0n) is 12.3. The highest BCUT2D eigenvalue weighted by atomic mass is 32.2. The number of thioether (sulfide) groups is 1. The Morgan fingerprint density at radius 1 is 0.800 bits per heavy atom. The van der Waals surface area contributed by atoms with E-state index >= 15 is 0 Å². The smallest absolute Gasteiger partial charge is 0.120 e. The Morgan fingerprint density at radius 2 is 1.25 bits per heavy atom. The zero-order valence-corrected chi connectivity index (χ0v) is 14.1. The van der Waals surface area contributed by atoms with Crippen molar-refractivity contribution in [2.45, 2.75) is 24.9 Å². The summed E-state index contributed by atoms with van der Waals surface area (Å²) < 4.78 is 0. The van der Waals surface area contributed by atoms with Crippen LogP contribution < -0.4 is 0 Å². The van der Waals surface area contributed by atoms with Gasteiger partial charge in [-0.1, -0.05) is 92.1 Å². The molecule has 0 aliphatic heterocycles.